The number of ether oxygens (including phenoxy) is 2. The minimum absolute atomic E-state index is 0.292. The average molecular weight is 264 g/mol. The van der Waals surface area contributed by atoms with Crippen LogP contribution >= 0.6 is 0 Å². The van der Waals surface area contributed by atoms with Gasteiger partial charge in [-0.15, -0.1) is 0 Å². The highest BCUT2D eigenvalue weighted by Gasteiger charge is 2.36. The Morgan fingerprint density at radius 3 is 2.39 bits per heavy atom. The molecule has 7 heteroatoms. The van der Waals surface area contributed by atoms with E-state index in [1.54, 1.807) is 0 Å². The van der Waals surface area contributed by atoms with Crippen LogP contribution in [0.2, 0.25) is 0 Å². The number of carbonyl (C=O) groups is 1. The fourth-order valence-electron chi connectivity index (χ4n) is 1.46. The number of rotatable bonds is 3. The zero-order chi connectivity index (χ0) is 13.9. The average Bonchev–Trinajstić information content (AvgIpc) is 2.34. The molecule has 0 bridgehead atoms. The molecule has 0 spiro atoms. The number of aliphatic hydroxyl groups is 1. The highest BCUT2D eigenvalue weighted by molar-refractivity contribution is 5.77. The molecule has 0 fully saturated rings. The second-order valence-corrected chi connectivity index (χ2v) is 3.35. The first-order chi connectivity index (χ1) is 8.32. The molecule has 0 amide bonds. The van der Waals surface area contributed by atoms with Gasteiger partial charge < -0.3 is 14.6 Å². The van der Waals surface area contributed by atoms with E-state index >= 15 is 0 Å². The molecule has 0 aromatic heterocycles. The second kappa shape index (κ2) is 5.26. The van der Waals surface area contributed by atoms with Crippen molar-refractivity contribution in [3.8, 4) is 5.75 Å². The Hall–Kier alpha value is -1.76. The van der Waals surface area contributed by atoms with Gasteiger partial charge in [-0.3, -0.25) is 0 Å². The summed E-state index contributed by atoms with van der Waals surface area (Å²) in [7, 11) is 2.05. The molecule has 1 rings (SSSR count). The number of benzene rings is 1. The van der Waals surface area contributed by atoms with Crippen molar-refractivity contribution in [2.75, 3.05) is 14.2 Å². The first-order valence-electron chi connectivity index (χ1n) is 4.83. The van der Waals surface area contributed by atoms with Crippen molar-refractivity contribution < 1.29 is 32.5 Å². The predicted octanol–water partition coefficient (Wildman–Crippen LogP) is 1.92. The number of hydrogen-bond donors (Lipinski definition) is 1. The highest BCUT2D eigenvalue weighted by Crippen LogP contribution is 2.40. The normalized spacial score (nSPS) is 13.0. The molecular formula is C11H11F3O4. The van der Waals surface area contributed by atoms with Crippen LogP contribution in [0.25, 0.3) is 0 Å². The lowest BCUT2D eigenvalue weighted by Gasteiger charge is -2.17. The topological polar surface area (TPSA) is 55.8 Å². The van der Waals surface area contributed by atoms with Gasteiger partial charge in [-0.2, -0.15) is 13.2 Å². The smallest absolute Gasteiger partial charge is 0.419 e. The lowest BCUT2D eigenvalue weighted by Crippen LogP contribution is -2.16. The first kappa shape index (κ1) is 14.3. The van der Waals surface area contributed by atoms with Gasteiger partial charge in [0.25, 0.3) is 0 Å². The lowest BCUT2D eigenvalue weighted by molar-refractivity contribution is -0.151. The number of aliphatic hydroxyl groups excluding tert-OH is 1. The molecule has 1 unspecified atom stereocenters. The number of halogens is 3. The maximum absolute atomic E-state index is 12.7. The van der Waals surface area contributed by atoms with Crippen molar-refractivity contribution >= 4 is 5.97 Å². The van der Waals surface area contributed by atoms with Gasteiger partial charge in [-0.25, -0.2) is 4.79 Å². The Bertz CT molecular complexity index is 442. The number of carbonyl (C=O) groups excluding carboxylic acids is 1. The standard InChI is InChI=1S/C11H11F3O4/c1-17-9-6(8(15)10(16)18-2)4-3-5-7(9)11(12,13)14/h3-5,8,15H,1-2H3. The number of hydrogen-bond acceptors (Lipinski definition) is 4. The zero-order valence-electron chi connectivity index (χ0n) is 9.62. The Kier molecular flexibility index (Phi) is 4.18. The minimum Gasteiger partial charge on any atom is -0.496 e. The molecule has 100 valence electrons. The molecule has 1 aromatic carbocycles. The van der Waals surface area contributed by atoms with Crippen molar-refractivity contribution in [2.45, 2.75) is 12.3 Å². The van der Waals surface area contributed by atoms with Crippen LogP contribution in [0, 0.1) is 0 Å². The van der Waals surface area contributed by atoms with E-state index in [-0.39, 0.29) is 5.56 Å². The maximum Gasteiger partial charge on any atom is 0.419 e. The van der Waals surface area contributed by atoms with E-state index < -0.39 is 29.6 Å². The van der Waals surface area contributed by atoms with E-state index in [0.29, 0.717) is 0 Å². The third kappa shape index (κ3) is 2.73. The zero-order valence-corrected chi connectivity index (χ0v) is 9.62. The number of esters is 1. The van der Waals surface area contributed by atoms with E-state index in [4.69, 9.17) is 0 Å². The number of alkyl halides is 3. The van der Waals surface area contributed by atoms with Gasteiger partial charge in [-0.1, -0.05) is 12.1 Å². The Labute approximate surface area is 101 Å². The van der Waals surface area contributed by atoms with Gasteiger partial charge in [0.05, 0.1) is 19.8 Å². The van der Waals surface area contributed by atoms with Gasteiger partial charge in [0.15, 0.2) is 6.10 Å². The largest absolute Gasteiger partial charge is 0.496 e. The molecular weight excluding hydrogens is 253 g/mol. The second-order valence-electron chi connectivity index (χ2n) is 3.35. The molecule has 1 aromatic rings. The van der Waals surface area contributed by atoms with E-state index in [9.17, 15) is 23.1 Å². The first-order valence-corrected chi connectivity index (χ1v) is 4.83. The maximum atomic E-state index is 12.7. The van der Waals surface area contributed by atoms with E-state index in [1.165, 1.54) is 0 Å². The van der Waals surface area contributed by atoms with Crippen molar-refractivity contribution in [2.24, 2.45) is 0 Å². The molecule has 0 aliphatic heterocycles. The van der Waals surface area contributed by atoms with Crippen LogP contribution in [-0.2, 0) is 15.7 Å². The summed E-state index contributed by atoms with van der Waals surface area (Å²) in [6.07, 6.45) is -6.47. The minimum atomic E-state index is -4.64. The fourth-order valence-corrected chi connectivity index (χ4v) is 1.46. The quantitative estimate of drug-likeness (QED) is 0.847. The van der Waals surface area contributed by atoms with Crippen molar-refractivity contribution in [1.29, 1.82) is 0 Å². The van der Waals surface area contributed by atoms with Crippen LogP contribution in [0.15, 0.2) is 18.2 Å². The Morgan fingerprint density at radius 2 is 1.94 bits per heavy atom. The van der Waals surface area contributed by atoms with Crippen molar-refractivity contribution in [1.82, 2.24) is 0 Å². The molecule has 18 heavy (non-hydrogen) atoms. The molecule has 1 atom stereocenters. The molecule has 0 aliphatic rings. The van der Waals surface area contributed by atoms with E-state index in [2.05, 4.69) is 9.47 Å². The van der Waals surface area contributed by atoms with Crippen LogP contribution in [0.5, 0.6) is 5.75 Å². The number of para-hydroxylation sites is 1. The van der Waals surface area contributed by atoms with Crippen LogP contribution < -0.4 is 4.74 Å². The molecule has 0 aliphatic carbocycles. The lowest BCUT2D eigenvalue weighted by atomic mass is 10.0. The van der Waals surface area contributed by atoms with Gasteiger partial charge in [0.2, 0.25) is 0 Å². The summed E-state index contributed by atoms with van der Waals surface area (Å²) in [6.45, 7) is 0. The molecule has 0 saturated carbocycles. The third-order valence-corrected chi connectivity index (χ3v) is 2.27. The summed E-state index contributed by atoms with van der Waals surface area (Å²) >= 11 is 0. The van der Waals surface area contributed by atoms with Crippen LogP contribution in [0.1, 0.15) is 17.2 Å². The molecule has 0 radical (unpaired) electrons. The third-order valence-electron chi connectivity index (χ3n) is 2.27. The summed E-state index contributed by atoms with van der Waals surface area (Å²) in [5.74, 6) is -1.66. The monoisotopic (exact) mass is 264 g/mol. The van der Waals surface area contributed by atoms with Gasteiger partial charge in [0.1, 0.15) is 5.75 Å². The number of methoxy groups -OCH3 is 2. The SMILES string of the molecule is COC(=O)C(O)c1cccc(C(F)(F)F)c1OC. The molecule has 1 N–H and O–H groups in total. The summed E-state index contributed by atoms with van der Waals surface area (Å²) < 4.78 is 46.9. The predicted molar refractivity (Wildman–Crippen MR) is 55.0 cm³/mol. The molecule has 0 saturated heterocycles. The van der Waals surface area contributed by atoms with Crippen molar-refractivity contribution in [3.05, 3.63) is 29.3 Å². The van der Waals surface area contributed by atoms with Gasteiger partial charge in [0, 0.05) is 5.56 Å². The van der Waals surface area contributed by atoms with E-state index in [1.807, 2.05) is 0 Å². The molecule has 4 nitrogen and oxygen atoms in total. The highest BCUT2D eigenvalue weighted by atomic mass is 19.4. The Balaban J connectivity index is 3.34. The summed E-state index contributed by atoms with van der Waals surface area (Å²) in [6, 6.07) is 3.04. The fraction of sp³-hybridized carbons (Fsp3) is 0.364. The van der Waals surface area contributed by atoms with Crippen LogP contribution in [0.4, 0.5) is 13.2 Å². The summed E-state index contributed by atoms with van der Waals surface area (Å²) in [5.41, 5.74) is -1.36. The Morgan fingerprint density at radius 1 is 1.33 bits per heavy atom. The van der Waals surface area contributed by atoms with Gasteiger partial charge in [-0.05, 0) is 6.07 Å². The summed E-state index contributed by atoms with van der Waals surface area (Å²) in [5, 5.41) is 9.57. The van der Waals surface area contributed by atoms with Crippen LogP contribution in [-0.4, -0.2) is 25.3 Å². The molecule has 0 heterocycles. The van der Waals surface area contributed by atoms with Gasteiger partial charge >= 0.3 is 12.1 Å². The van der Waals surface area contributed by atoms with E-state index in [0.717, 1.165) is 32.4 Å². The van der Waals surface area contributed by atoms with Crippen molar-refractivity contribution in [3.63, 3.8) is 0 Å². The van der Waals surface area contributed by atoms with Crippen LogP contribution in [0.3, 0.4) is 0 Å². The summed E-state index contributed by atoms with van der Waals surface area (Å²) in [4.78, 5) is 11.1.